The Morgan fingerprint density at radius 1 is 1.16 bits per heavy atom. The molecule has 0 bridgehead atoms. The van der Waals surface area contributed by atoms with Crippen molar-refractivity contribution in [2.45, 2.75) is 18.7 Å². The molecule has 10 nitrogen and oxygen atoms in total. The number of anilines is 2. The number of nitrogens with two attached hydrogens (primary N) is 1. The van der Waals surface area contributed by atoms with Crippen LogP contribution >= 0.6 is 34.7 Å². The van der Waals surface area contributed by atoms with E-state index in [0.29, 0.717) is 9.90 Å². The summed E-state index contributed by atoms with van der Waals surface area (Å²) in [7, 11) is 0. The number of carbonyl (C=O) groups excluding carboxylic acids is 1. The molecule has 0 radical (unpaired) electrons. The second kappa shape index (κ2) is 10.9. The molecule has 5 rings (SSSR count). The van der Waals surface area contributed by atoms with Crippen LogP contribution < -0.4 is 21.9 Å². The molecule has 38 heavy (non-hydrogen) atoms. The Labute approximate surface area is 229 Å². The van der Waals surface area contributed by atoms with E-state index in [4.69, 9.17) is 21.8 Å². The van der Waals surface area contributed by atoms with E-state index < -0.39 is 17.2 Å². The van der Waals surface area contributed by atoms with Crippen LogP contribution in [0.15, 0.2) is 73.8 Å². The van der Waals surface area contributed by atoms with E-state index in [-0.39, 0.29) is 41.5 Å². The molecule has 1 amide bonds. The van der Waals surface area contributed by atoms with Gasteiger partial charge in [0.1, 0.15) is 10.7 Å². The number of fused-ring (bicyclic) bond motifs is 1. The smallest absolute Gasteiger partial charge is 0.330 e. The molecule has 0 aliphatic heterocycles. The summed E-state index contributed by atoms with van der Waals surface area (Å²) in [5.74, 6) is -0.361. The van der Waals surface area contributed by atoms with Crippen LogP contribution in [0.3, 0.4) is 0 Å². The molecule has 0 aliphatic carbocycles. The van der Waals surface area contributed by atoms with Crippen LogP contribution in [0.5, 0.6) is 0 Å². The largest absolute Gasteiger partial charge is 0.410 e. The first-order chi connectivity index (χ1) is 18.4. The van der Waals surface area contributed by atoms with E-state index >= 15 is 0 Å². The summed E-state index contributed by atoms with van der Waals surface area (Å²) in [6.45, 7) is 2.01. The van der Waals surface area contributed by atoms with E-state index in [1.165, 1.54) is 20.8 Å². The molecule has 5 aromatic rings. The van der Waals surface area contributed by atoms with Gasteiger partial charge in [-0.3, -0.25) is 19.1 Å². The lowest BCUT2D eigenvalue weighted by Crippen LogP contribution is -2.41. The van der Waals surface area contributed by atoms with Gasteiger partial charge in [0.2, 0.25) is 5.91 Å². The van der Waals surface area contributed by atoms with Crippen molar-refractivity contribution < 1.29 is 9.21 Å². The number of hydrogen-bond donors (Lipinski definition) is 2. The Hall–Kier alpha value is -3.87. The first-order valence-corrected chi connectivity index (χ1v) is 13.7. The number of halogens is 1. The molecule has 0 unspecified atom stereocenters. The fraction of sp³-hybridized carbons (Fsp3) is 0.160. The molecule has 194 valence electrons. The molecule has 0 fully saturated rings. The molecule has 3 aromatic heterocycles. The number of aromatic nitrogens is 4. The average Bonchev–Trinajstić information content (AvgIpc) is 3.52. The van der Waals surface area contributed by atoms with Gasteiger partial charge in [-0.05, 0) is 18.6 Å². The van der Waals surface area contributed by atoms with Gasteiger partial charge in [0.15, 0.2) is 5.69 Å². The number of thioether (sulfide) groups is 1. The fourth-order valence-corrected chi connectivity index (χ4v) is 6.01. The monoisotopic (exact) mass is 568 g/mol. The maximum Gasteiger partial charge on any atom is 0.330 e. The minimum absolute atomic E-state index is 0.0862. The van der Waals surface area contributed by atoms with Gasteiger partial charge in [0.25, 0.3) is 16.7 Å². The third kappa shape index (κ3) is 4.97. The molecular weight excluding hydrogens is 548 g/mol. The summed E-state index contributed by atoms with van der Waals surface area (Å²) < 4.78 is 7.98. The number of carbonyl (C=O) groups is 1. The number of amides is 1. The average molecular weight is 569 g/mol. The van der Waals surface area contributed by atoms with Crippen molar-refractivity contribution in [3.05, 3.63) is 86.0 Å². The molecule has 0 saturated heterocycles. The van der Waals surface area contributed by atoms with E-state index in [1.54, 1.807) is 6.92 Å². The van der Waals surface area contributed by atoms with Crippen molar-refractivity contribution in [2.75, 3.05) is 22.9 Å². The minimum Gasteiger partial charge on any atom is -0.410 e. The van der Waals surface area contributed by atoms with Crippen LogP contribution in [0.1, 0.15) is 12.5 Å². The second-order valence-electron chi connectivity index (χ2n) is 8.11. The quantitative estimate of drug-likeness (QED) is 0.265. The van der Waals surface area contributed by atoms with Crippen molar-refractivity contribution in [2.24, 2.45) is 0 Å². The zero-order valence-electron chi connectivity index (χ0n) is 20.0. The van der Waals surface area contributed by atoms with E-state index in [1.807, 2.05) is 54.6 Å². The minimum atomic E-state index is -0.739. The van der Waals surface area contributed by atoms with Gasteiger partial charge in [-0.2, -0.15) is 0 Å². The first kappa shape index (κ1) is 25.8. The molecule has 0 saturated carbocycles. The van der Waals surface area contributed by atoms with E-state index in [0.717, 1.165) is 27.4 Å². The number of rotatable bonds is 8. The molecule has 13 heteroatoms. The summed E-state index contributed by atoms with van der Waals surface area (Å²) in [4.78, 5) is 42.5. The number of nitrogens with one attached hydrogen (secondary N) is 1. The molecule has 0 spiro atoms. The summed E-state index contributed by atoms with van der Waals surface area (Å²) in [5, 5.41) is 9.71. The highest BCUT2D eigenvalue weighted by Crippen LogP contribution is 2.41. The Kier molecular flexibility index (Phi) is 7.36. The predicted molar refractivity (Wildman–Crippen MR) is 150 cm³/mol. The van der Waals surface area contributed by atoms with Crippen LogP contribution in [0.25, 0.3) is 20.9 Å². The van der Waals surface area contributed by atoms with Crippen LogP contribution in [0.4, 0.5) is 11.5 Å². The molecule has 0 aliphatic rings. The number of thiophene rings is 1. The van der Waals surface area contributed by atoms with Gasteiger partial charge >= 0.3 is 5.69 Å². The zero-order valence-corrected chi connectivity index (χ0v) is 22.4. The second-order valence-corrected chi connectivity index (χ2v) is 10.5. The first-order valence-electron chi connectivity index (χ1n) is 11.5. The topological polar surface area (TPSA) is 140 Å². The standard InChI is InChI=1S/C25H21ClN6O4S2/c1-2-31(19-21(27)32(24(35)28-22(19)34)12-14-8-4-3-5-9-14)17(33)13-37-25-30-29-23(36-25)20-18(26)15-10-6-7-11-16(15)38-20/h3-11H,2,12-13,27H2,1H3,(H,28,34,35). The number of nitrogens with zero attached hydrogens (tertiary/aromatic N) is 4. The molecule has 3 heterocycles. The van der Waals surface area contributed by atoms with Crippen LogP contribution in [0, 0.1) is 0 Å². The predicted octanol–water partition coefficient (Wildman–Crippen LogP) is 4.23. The molecule has 3 N–H and O–H groups in total. The lowest BCUT2D eigenvalue weighted by atomic mass is 10.2. The fourth-order valence-electron chi connectivity index (χ4n) is 3.93. The van der Waals surface area contributed by atoms with E-state index in [9.17, 15) is 14.4 Å². The van der Waals surface area contributed by atoms with Crippen molar-refractivity contribution in [1.29, 1.82) is 0 Å². The zero-order chi connectivity index (χ0) is 26.8. The van der Waals surface area contributed by atoms with Crippen molar-refractivity contribution in [3.8, 4) is 10.8 Å². The molecule has 2 aromatic carbocycles. The highest BCUT2D eigenvalue weighted by atomic mass is 35.5. The van der Waals surface area contributed by atoms with Gasteiger partial charge in [-0.15, -0.1) is 21.5 Å². The Morgan fingerprint density at radius 3 is 2.63 bits per heavy atom. The Bertz CT molecular complexity index is 1740. The van der Waals surface area contributed by atoms with Gasteiger partial charge in [0, 0.05) is 16.6 Å². The maximum absolute atomic E-state index is 13.2. The summed E-state index contributed by atoms with van der Waals surface area (Å²) >= 11 is 8.97. The van der Waals surface area contributed by atoms with E-state index in [2.05, 4.69) is 15.2 Å². The lowest BCUT2D eigenvalue weighted by Gasteiger charge is -2.22. The highest BCUT2D eigenvalue weighted by Gasteiger charge is 2.24. The SMILES string of the molecule is CCN(C(=O)CSc1nnc(-c2sc3ccccc3c2Cl)o1)c1c(N)n(Cc2ccccc2)c(=O)[nH]c1=O. The summed E-state index contributed by atoms with van der Waals surface area (Å²) in [5.41, 5.74) is 5.59. The van der Waals surface area contributed by atoms with Crippen molar-refractivity contribution in [1.82, 2.24) is 19.7 Å². The van der Waals surface area contributed by atoms with Gasteiger partial charge < -0.3 is 15.1 Å². The van der Waals surface area contributed by atoms with Crippen LogP contribution in [-0.2, 0) is 11.3 Å². The van der Waals surface area contributed by atoms with Crippen molar-refractivity contribution in [3.63, 3.8) is 0 Å². The third-order valence-electron chi connectivity index (χ3n) is 5.74. The number of hydrogen-bond acceptors (Lipinski definition) is 9. The van der Waals surface area contributed by atoms with Crippen LogP contribution in [-0.4, -0.2) is 38.0 Å². The lowest BCUT2D eigenvalue weighted by molar-refractivity contribution is -0.116. The Morgan fingerprint density at radius 2 is 1.89 bits per heavy atom. The van der Waals surface area contributed by atoms with Gasteiger partial charge in [-0.1, -0.05) is 71.9 Å². The number of benzene rings is 2. The Balaban J connectivity index is 1.35. The molecule has 0 atom stereocenters. The van der Waals surface area contributed by atoms with Gasteiger partial charge in [0.05, 0.1) is 17.3 Å². The maximum atomic E-state index is 13.2. The van der Waals surface area contributed by atoms with Gasteiger partial charge in [-0.25, -0.2) is 4.79 Å². The number of aromatic amines is 1. The third-order valence-corrected chi connectivity index (χ3v) is 8.21. The summed E-state index contributed by atoms with van der Waals surface area (Å²) in [6, 6.07) is 16.9. The number of H-pyrrole nitrogens is 1. The van der Waals surface area contributed by atoms with Crippen molar-refractivity contribution >= 4 is 62.2 Å². The number of nitrogen functional groups attached to an aromatic ring is 1. The normalized spacial score (nSPS) is 11.2. The highest BCUT2D eigenvalue weighted by molar-refractivity contribution is 7.99. The molecular formula is C25H21ClN6O4S2. The summed E-state index contributed by atoms with van der Waals surface area (Å²) in [6.07, 6.45) is 0. The van der Waals surface area contributed by atoms with Crippen LogP contribution in [0.2, 0.25) is 5.02 Å².